The molecule has 1 fully saturated rings. The Morgan fingerprint density at radius 3 is 2.64 bits per heavy atom. The van der Waals surface area contributed by atoms with Crippen molar-refractivity contribution in [2.45, 2.75) is 13.5 Å². The number of primary amides is 1. The van der Waals surface area contributed by atoms with E-state index in [-0.39, 0.29) is 5.69 Å². The molecule has 1 aliphatic heterocycles. The van der Waals surface area contributed by atoms with Crippen LogP contribution in [0.3, 0.4) is 0 Å². The van der Waals surface area contributed by atoms with Gasteiger partial charge in [-0.15, -0.1) is 0 Å². The molecule has 3 N–H and O–H groups in total. The van der Waals surface area contributed by atoms with E-state index >= 15 is 0 Å². The van der Waals surface area contributed by atoms with Crippen molar-refractivity contribution in [3.63, 3.8) is 0 Å². The fourth-order valence-corrected chi connectivity index (χ4v) is 2.68. The smallest absolute Gasteiger partial charge is 0.271 e. The van der Waals surface area contributed by atoms with Gasteiger partial charge in [0.25, 0.3) is 5.91 Å². The number of nitrogens with zero attached hydrogens (tertiary/aromatic N) is 2. The topological polar surface area (TPSA) is 84.4 Å². The quantitative estimate of drug-likeness (QED) is 0.885. The molecule has 1 aromatic heterocycles. The second-order valence-corrected chi connectivity index (χ2v) is 5.50. The molecule has 0 aliphatic carbocycles. The number of aromatic nitrogens is 1. The number of rotatable bonds is 4. The monoisotopic (exact) mass is 300 g/mol. The molecule has 22 heavy (non-hydrogen) atoms. The molecule has 1 aliphatic rings. The van der Waals surface area contributed by atoms with Crippen LogP contribution in [0.4, 0.5) is 0 Å². The fourth-order valence-electron chi connectivity index (χ4n) is 2.68. The largest absolute Gasteiger partial charge is 0.440 e. The van der Waals surface area contributed by atoms with Gasteiger partial charge < -0.3 is 15.5 Å². The van der Waals surface area contributed by atoms with Gasteiger partial charge in [0.2, 0.25) is 0 Å². The third-order valence-corrected chi connectivity index (χ3v) is 3.80. The maximum atomic E-state index is 11.4. The van der Waals surface area contributed by atoms with E-state index in [4.69, 9.17) is 10.2 Å². The molecule has 0 radical (unpaired) electrons. The van der Waals surface area contributed by atoms with Gasteiger partial charge in [-0.05, 0) is 5.56 Å². The molecule has 0 saturated carbocycles. The van der Waals surface area contributed by atoms with Crippen molar-refractivity contribution >= 4 is 5.91 Å². The lowest BCUT2D eigenvalue weighted by Gasteiger charge is -2.27. The van der Waals surface area contributed by atoms with E-state index in [1.54, 1.807) is 6.92 Å². The van der Waals surface area contributed by atoms with Crippen molar-refractivity contribution in [2.24, 2.45) is 5.73 Å². The minimum atomic E-state index is -0.572. The molecular formula is C16H20N4O2. The minimum absolute atomic E-state index is 0.187. The molecule has 0 bridgehead atoms. The summed E-state index contributed by atoms with van der Waals surface area (Å²) < 4.78 is 5.52. The van der Waals surface area contributed by atoms with E-state index in [1.165, 1.54) is 5.56 Å². The first-order valence-corrected chi connectivity index (χ1v) is 7.43. The van der Waals surface area contributed by atoms with Crippen LogP contribution in [0, 0.1) is 6.92 Å². The Bertz CT molecular complexity index is 657. The van der Waals surface area contributed by atoms with Crippen LogP contribution < -0.4 is 11.1 Å². The summed E-state index contributed by atoms with van der Waals surface area (Å²) in [6, 6.07) is 8.01. The zero-order valence-electron chi connectivity index (χ0n) is 12.6. The second-order valence-electron chi connectivity index (χ2n) is 5.50. The van der Waals surface area contributed by atoms with E-state index in [0.717, 1.165) is 38.3 Å². The predicted molar refractivity (Wildman–Crippen MR) is 83.3 cm³/mol. The molecule has 0 spiro atoms. The SMILES string of the molecule is Cc1nc(C(N)=O)c(-c2ccc(CN3CCNCC3)cc2)o1. The number of nitrogens with one attached hydrogen (secondary N) is 1. The average molecular weight is 300 g/mol. The van der Waals surface area contributed by atoms with Gasteiger partial charge in [0, 0.05) is 45.2 Å². The number of oxazole rings is 1. The molecule has 2 aromatic rings. The average Bonchev–Trinajstić information content (AvgIpc) is 2.91. The van der Waals surface area contributed by atoms with E-state index in [1.807, 2.05) is 12.1 Å². The van der Waals surface area contributed by atoms with Gasteiger partial charge in [-0.25, -0.2) is 4.98 Å². The summed E-state index contributed by atoms with van der Waals surface area (Å²) in [5, 5.41) is 3.35. The molecule has 1 aromatic carbocycles. The highest BCUT2D eigenvalue weighted by Crippen LogP contribution is 2.25. The predicted octanol–water partition coefficient (Wildman–Crippen LogP) is 1.15. The summed E-state index contributed by atoms with van der Waals surface area (Å²) in [5.41, 5.74) is 7.59. The highest BCUT2D eigenvalue weighted by atomic mass is 16.4. The van der Waals surface area contributed by atoms with Crippen LogP contribution in [-0.4, -0.2) is 42.0 Å². The molecule has 1 saturated heterocycles. The molecule has 0 unspecified atom stereocenters. The van der Waals surface area contributed by atoms with E-state index in [9.17, 15) is 4.79 Å². The third kappa shape index (κ3) is 3.18. The summed E-state index contributed by atoms with van der Waals surface area (Å²) >= 11 is 0. The maximum absolute atomic E-state index is 11.4. The van der Waals surface area contributed by atoms with E-state index in [2.05, 4.69) is 27.3 Å². The van der Waals surface area contributed by atoms with Gasteiger partial charge >= 0.3 is 0 Å². The zero-order valence-corrected chi connectivity index (χ0v) is 12.6. The number of amides is 1. The number of hydrogen-bond donors (Lipinski definition) is 2. The lowest BCUT2D eigenvalue weighted by Crippen LogP contribution is -2.42. The molecule has 2 heterocycles. The van der Waals surface area contributed by atoms with E-state index < -0.39 is 5.91 Å². The lowest BCUT2D eigenvalue weighted by atomic mass is 10.1. The molecular weight excluding hydrogens is 280 g/mol. The number of hydrogen-bond acceptors (Lipinski definition) is 5. The first-order valence-electron chi connectivity index (χ1n) is 7.43. The van der Waals surface area contributed by atoms with Crippen LogP contribution in [-0.2, 0) is 6.54 Å². The molecule has 6 heteroatoms. The molecule has 1 amide bonds. The Kier molecular flexibility index (Phi) is 4.22. The maximum Gasteiger partial charge on any atom is 0.271 e. The molecule has 0 atom stereocenters. The van der Waals surface area contributed by atoms with Crippen molar-refractivity contribution in [3.05, 3.63) is 41.4 Å². The third-order valence-electron chi connectivity index (χ3n) is 3.80. The number of nitrogens with two attached hydrogens (primary N) is 1. The Balaban J connectivity index is 1.78. The summed E-state index contributed by atoms with van der Waals surface area (Å²) in [7, 11) is 0. The van der Waals surface area contributed by atoms with Crippen LogP contribution in [0.1, 0.15) is 21.9 Å². The van der Waals surface area contributed by atoms with Crippen molar-refractivity contribution < 1.29 is 9.21 Å². The standard InChI is InChI=1S/C16H20N4O2/c1-11-19-14(16(17)21)15(22-11)13-4-2-12(3-5-13)10-20-8-6-18-7-9-20/h2-5,18H,6-10H2,1H3,(H2,17,21). The number of benzene rings is 1. The molecule has 3 rings (SSSR count). The summed E-state index contributed by atoms with van der Waals surface area (Å²) in [6.45, 7) is 6.84. The zero-order chi connectivity index (χ0) is 15.5. The van der Waals surface area contributed by atoms with Crippen LogP contribution in [0.15, 0.2) is 28.7 Å². The normalized spacial score (nSPS) is 15.9. The first kappa shape index (κ1) is 14.7. The Labute approximate surface area is 129 Å². The van der Waals surface area contributed by atoms with E-state index in [0.29, 0.717) is 11.7 Å². The van der Waals surface area contributed by atoms with Gasteiger partial charge in [-0.2, -0.15) is 0 Å². The van der Waals surface area contributed by atoms with Gasteiger partial charge in [-0.1, -0.05) is 24.3 Å². The van der Waals surface area contributed by atoms with Crippen LogP contribution in [0.2, 0.25) is 0 Å². The van der Waals surface area contributed by atoms with Gasteiger partial charge in [0.15, 0.2) is 17.3 Å². The van der Waals surface area contributed by atoms with Crippen molar-refractivity contribution in [3.8, 4) is 11.3 Å². The van der Waals surface area contributed by atoms with Crippen LogP contribution >= 0.6 is 0 Å². The summed E-state index contributed by atoms with van der Waals surface area (Å²) in [4.78, 5) is 17.9. The second kappa shape index (κ2) is 6.29. The van der Waals surface area contributed by atoms with Crippen molar-refractivity contribution in [1.29, 1.82) is 0 Å². The fraction of sp³-hybridized carbons (Fsp3) is 0.375. The van der Waals surface area contributed by atoms with Gasteiger partial charge in [-0.3, -0.25) is 9.69 Å². The number of aryl methyl sites for hydroxylation is 1. The molecule has 6 nitrogen and oxygen atoms in total. The lowest BCUT2D eigenvalue weighted by molar-refractivity contribution is 0.0996. The summed E-state index contributed by atoms with van der Waals surface area (Å²) in [6.07, 6.45) is 0. The van der Waals surface area contributed by atoms with Gasteiger partial charge in [0.1, 0.15) is 0 Å². The Morgan fingerprint density at radius 2 is 2.00 bits per heavy atom. The minimum Gasteiger partial charge on any atom is -0.440 e. The number of carbonyl (C=O) groups excluding carboxylic acids is 1. The first-order chi connectivity index (χ1) is 10.6. The number of carbonyl (C=O) groups is 1. The van der Waals surface area contributed by atoms with Crippen LogP contribution in [0.5, 0.6) is 0 Å². The highest BCUT2D eigenvalue weighted by Gasteiger charge is 2.18. The summed E-state index contributed by atoms with van der Waals surface area (Å²) in [5.74, 6) is 0.309. The highest BCUT2D eigenvalue weighted by molar-refractivity contribution is 5.96. The Morgan fingerprint density at radius 1 is 1.32 bits per heavy atom. The Hall–Kier alpha value is -2.18. The number of piperazine rings is 1. The van der Waals surface area contributed by atoms with Crippen molar-refractivity contribution in [1.82, 2.24) is 15.2 Å². The molecule has 116 valence electrons. The van der Waals surface area contributed by atoms with Crippen molar-refractivity contribution in [2.75, 3.05) is 26.2 Å². The van der Waals surface area contributed by atoms with Crippen LogP contribution in [0.25, 0.3) is 11.3 Å². The van der Waals surface area contributed by atoms with Gasteiger partial charge in [0.05, 0.1) is 0 Å².